The largest absolute Gasteiger partial charge is 0.478 e. The number of nitrogens with zero attached hydrogens (tertiary/aromatic N) is 1. The van der Waals surface area contributed by atoms with E-state index in [4.69, 9.17) is 37.8 Å². The van der Waals surface area contributed by atoms with Gasteiger partial charge in [0.2, 0.25) is 0 Å². The van der Waals surface area contributed by atoms with E-state index in [1.165, 1.54) is 25.1 Å². The molecule has 3 rings (SSSR count). The Labute approximate surface area is 253 Å². The van der Waals surface area contributed by atoms with Gasteiger partial charge in [-0.1, -0.05) is 49.2 Å². The highest BCUT2D eigenvalue weighted by molar-refractivity contribution is 7.14. The number of aromatic nitrogens is 1. The number of amides is 1. The molecule has 11 heteroatoms. The second-order valence-electron chi connectivity index (χ2n) is 9.85. The van der Waals surface area contributed by atoms with Crippen LogP contribution in [0.15, 0.2) is 41.3 Å². The number of carboxylic acids is 1. The molecule has 0 saturated carbocycles. The molecule has 0 fully saturated rings. The number of halogens is 3. The lowest BCUT2D eigenvalue weighted by Crippen LogP contribution is -2.12. The maximum atomic E-state index is 15.6. The number of hydrogen-bond acceptors (Lipinski definition) is 6. The monoisotopic (exact) mass is 622 g/mol. The fraction of sp³-hybridized carbons (Fsp3) is 0.367. The second kappa shape index (κ2) is 15.4. The smallest absolute Gasteiger partial charge is 0.331 e. The number of ether oxygens (including phenoxy) is 2. The summed E-state index contributed by atoms with van der Waals surface area (Å²) in [5.74, 6) is -1.45. The van der Waals surface area contributed by atoms with E-state index < -0.39 is 23.8 Å². The summed E-state index contributed by atoms with van der Waals surface area (Å²) >= 11 is 13.7. The number of hydrogen-bond donors (Lipinski definition) is 2. The average molecular weight is 624 g/mol. The zero-order valence-corrected chi connectivity index (χ0v) is 25.6. The van der Waals surface area contributed by atoms with Crippen molar-refractivity contribution in [3.63, 3.8) is 0 Å². The van der Waals surface area contributed by atoms with Crippen molar-refractivity contribution in [2.75, 3.05) is 25.6 Å². The zero-order valence-electron chi connectivity index (χ0n) is 23.3. The predicted octanol–water partition coefficient (Wildman–Crippen LogP) is 8.53. The van der Waals surface area contributed by atoms with Crippen molar-refractivity contribution in [3.8, 4) is 11.3 Å². The highest BCUT2D eigenvalue weighted by Crippen LogP contribution is 2.33. The zero-order chi connectivity index (χ0) is 30.1. The van der Waals surface area contributed by atoms with Gasteiger partial charge in [0, 0.05) is 60.0 Å². The van der Waals surface area contributed by atoms with Gasteiger partial charge >= 0.3 is 5.97 Å². The van der Waals surface area contributed by atoms with Crippen LogP contribution in [0.3, 0.4) is 0 Å². The van der Waals surface area contributed by atoms with E-state index in [0.717, 1.165) is 24.2 Å². The molecule has 0 saturated heterocycles. The minimum absolute atomic E-state index is 0.0415. The molecule has 0 radical (unpaired) electrons. The summed E-state index contributed by atoms with van der Waals surface area (Å²) in [7, 11) is 1.54. The number of carbonyl (C=O) groups is 2. The number of aliphatic carboxylic acids is 1. The molecule has 7 nitrogen and oxygen atoms in total. The van der Waals surface area contributed by atoms with E-state index in [1.54, 1.807) is 30.7 Å². The van der Waals surface area contributed by atoms with Crippen molar-refractivity contribution in [1.82, 2.24) is 4.98 Å². The predicted molar refractivity (Wildman–Crippen MR) is 162 cm³/mol. The summed E-state index contributed by atoms with van der Waals surface area (Å²) < 4.78 is 26.9. The molecule has 1 heterocycles. The van der Waals surface area contributed by atoms with Crippen LogP contribution in [0.4, 0.5) is 9.52 Å². The molecule has 0 spiro atoms. The number of rotatable bonds is 14. The Morgan fingerprint density at radius 1 is 1.17 bits per heavy atom. The van der Waals surface area contributed by atoms with Gasteiger partial charge in [0.1, 0.15) is 5.82 Å². The molecule has 0 bridgehead atoms. The molecule has 2 N–H and O–H groups in total. The molecule has 0 aliphatic rings. The van der Waals surface area contributed by atoms with Crippen LogP contribution >= 0.6 is 34.5 Å². The Morgan fingerprint density at radius 3 is 2.51 bits per heavy atom. The Morgan fingerprint density at radius 2 is 1.88 bits per heavy atom. The third-order valence-electron chi connectivity index (χ3n) is 6.29. The molecular formula is C30H33Cl2FN2O5S. The lowest BCUT2D eigenvalue weighted by molar-refractivity contribution is -0.132. The van der Waals surface area contributed by atoms with Crippen LogP contribution in [0, 0.1) is 11.7 Å². The first kappa shape index (κ1) is 32.7. The van der Waals surface area contributed by atoms with E-state index in [1.807, 2.05) is 0 Å². The lowest BCUT2D eigenvalue weighted by Gasteiger charge is -2.18. The van der Waals surface area contributed by atoms with Gasteiger partial charge in [-0.2, -0.15) is 0 Å². The van der Waals surface area contributed by atoms with E-state index in [9.17, 15) is 9.59 Å². The Balaban J connectivity index is 1.71. The summed E-state index contributed by atoms with van der Waals surface area (Å²) in [6, 6.07) is 7.83. The van der Waals surface area contributed by atoms with Crippen molar-refractivity contribution in [1.29, 1.82) is 0 Å². The van der Waals surface area contributed by atoms with E-state index >= 15 is 4.39 Å². The minimum Gasteiger partial charge on any atom is -0.478 e. The molecule has 2 aromatic carbocycles. The van der Waals surface area contributed by atoms with Gasteiger partial charge in [-0.3, -0.25) is 10.1 Å². The van der Waals surface area contributed by atoms with Gasteiger partial charge in [-0.15, -0.1) is 11.3 Å². The van der Waals surface area contributed by atoms with Crippen LogP contribution in [0.1, 0.15) is 67.6 Å². The average Bonchev–Trinajstić information content (AvgIpc) is 3.38. The number of carbonyl (C=O) groups excluding carboxylic acids is 1. The standard InChI is InChI=1S/C30H33Cl2FN2O5S/c1-17(2)7-6-11-40-12-10-26(39-4)21-9-5-8-20(27(21)33)25-16-41-30(34-25)35-28(36)19-14-23(31)22(24(32)15-19)13-18(3)29(37)38/h5,8-9,13-17,26H,6-7,10-12H2,1-4H3,(H,37,38)(H,34,35,36). The van der Waals surface area contributed by atoms with Crippen molar-refractivity contribution < 1.29 is 28.6 Å². The Bertz CT molecular complexity index is 1390. The van der Waals surface area contributed by atoms with Crippen LogP contribution in [0.5, 0.6) is 0 Å². The van der Waals surface area contributed by atoms with Crippen molar-refractivity contribution in [2.24, 2.45) is 5.92 Å². The summed E-state index contributed by atoms with van der Waals surface area (Å²) in [5.41, 5.74) is 1.55. The third kappa shape index (κ3) is 9.08. The summed E-state index contributed by atoms with van der Waals surface area (Å²) in [6.07, 6.45) is 3.44. The maximum Gasteiger partial charge on any atom is 0.331 e. The van der Waals surface area contributed by atoms with Crippen LogP contribution in [-0.2, 0) is 14.3 Å². The van der Waals surface area contributed by atoms with Crippen LogP contribution < -0.4 is 5.32 Å². The fourth-order valence-corrected chi connectivity index (χ4v) is 5.34. The highest BCUT2D eigenvalue weighted by Gasteiger charge is 2.21. The molecule has 1 unspecified atom stereocenters. The van der Waals surface area contributed by atoms with Gasteiger partial charge in [0.05, 0.1) is 21.8 Å². The number of carboxylic acid groups (broad SMARTS) is 1. The first-order chi connectivity index (χ1) is 19.5. The molecule has 1 amide bonds. The number of methoxy groups -OCH3 is 1. The first-order valence-electron chi connectivity index (χ1n) is 13.1. The lowest BCUT2D eigenvalue weighted by atomic mass is 10.0. The number of benzene rings is 2. The number of nitrogens with one attached hydrogen (secondary N) is 1. The van der Waals surface area contributed by atoms with Gasteiger partial charge in [0.15, 0.2) is 5.13 Å². The molecule has 0 aliphatic heterocycles. The minimum atomic E-state index is -1.11. The highest BCUT2D eigenvalue weighted by atomic mass is 35.5. The second-order valence-corrected chi connectivity index (χ2v) is 11.5. The van der Waals surface area contributed by atoms with Crippen LogP contribution in [-0.4, -0.2) is 42.3 Å². The third-order valence-corrected chi connectivity index (χ3v) is 7.68. The SMILES string of the molecule is COC(CCOCCCC(C)C)c1cccc(-c2csc(NC(=O)c3cc(Cl)c(C=C(C)C(=O)O)c(Cl)c3)n2)c1F. The van der Waals surface area contributed by atoms with Crippen molar-refractivity contribution in [2.45, 2.75) is 46.1 Å². The van der Waals surface area contributed by atoms with E-state index in [0.29, 0.717) is 42.4 Å². The maximum absolute atomic E-state index is 15.6. The number of thiazole rings is 1. The molecule has 1 aromatic heterocycles. The quantitative estimate of drug-likeness (QED) is 0.138. The first-order valence-corrected chi connectivity index (χ1v) is 14.7. The molecular weight excluding hydrogens is 590 g/mol. The summed E-state index contributed by atoms with van der Waals surface area (Å²) in [6.45, 7) is 6.87. The van der Waals surface area contributed by atoms with E-state index in [-0.39, 0.29) is 31.9 Å². The Hall–Kier alpha value is -2.82. The van der Waals surface area contributed by atoms with Crippen molar-refractivity contribution >= 4 is 57.6 Å². The van der Waals surface area contributed by atoms with E-state index in [2.05, 4.69) is 24.1 Å². The number of anilines is 1. The van der Waals surface area contributed by atoms with Crippen LogP contribution in [0.25, 0.3) is 17.3 Å². The Kier molecular flexibility index (Phi) is 12.3. The van der Waals surface area contributed by atoms with Crippen molar-refractivity contribution in [3.05, 3.63) is 73.8 Å². The molecule has 41 heavy (non-hydrogen) atoms. The topological polar surface area (TPSA) is 97.8 Å². The van der Waals surface area contributed by atoms with Gasteiger partial charge in [-0.05, 0) is 50.0 Å². The fourth-order valence-electron chi connectivity index (χ4n) is 4.04. The van der Waals surface area contributed by atoms with Crippen LogP contribution in [0.2, 0.25) is 10.0 Å². The molecule has 220 valence electrons. The summed E-state index contributed by atoms with van der Waals surface area (Å²) in [5, 5.41) is 13.9. The molecule has 3 aromatic rings. The normalized spacial score (nSPS) is 12.5. The molecule has 1 atom stereocenters. The summed E-state index contributed by atoms with van der Waals surface area (Å²) in [4.78, 5) is 28.4. The van der Waals surface area contributed by atoms with Gasteiger partial charge < -0.3 is 14.6 Å². The van der Waals surface area contributed by atoms with Gasteiger partial charge in [0.25, 0.3) is 5.91 Å². The van der Waals surface area contributed by atoms with Gasteiger partial charge in [-0.25, -0.2) is 14.2 Å². The molecule has 0 aliphatic carbocycles.